The minimum atomic E-state index is -0.395. The summed E-state index contributed by atoms with van der Waals surface area (Å²) in [5, 5.41) is 0. The first-order valence-electron chi connectivity index (χ1n) is 6.67. The molecule has 0 N–H and O–H groups in total. The van der Waals surface area contributed by atoms with Crippen LogP contribution in [0.3, 0.4) is 0 Å². The van der Waals surface area contributed by atoms with Gasteiger partial charge in [0.05, 0.1) is 6.61 Å². The van der Waals surface area contributed by atoms with E-state index in [0.29, 0.717) is 6.61 Å². The quantitative estimate of drug-likeness (QED) is 0.586. The summed E-state index contributed by atoms with van der Waals surface area (Å²) >= 11 is 0. The van der Waals surface area contributed by atoms with Crippen molar-refractivity contribution in [1.29, 1.82) is 0 Å². The fraction of sp³-hybridized carbons (Fsp3) is 0.312. The summed E-state index contributed by atoms with van der Waals surface area (Å²) in [6.45, 7) is 2.56. The second kappa shape index (κ2) is 6.78. The maximum atomic E-state index is 12.3. The summed E-state index contributed by atoms with van der Waals surface area (Å²) in [5.74, 6) is -0.198. The van der Waals surface area contributed by atoms with Crippen LogP contribution in [0.25, 0.3) is 0 Å². The Morgan fingerprint density at radius 2 is 1.84 bits per heavy atom. The Labute approximate surface area is 113 Å². The predicted molar refractivity (Wildman–Crippen MR) is 74.9 cm³/mol. The first kappa shape index (κ1) is 13.4. The molecule has 1 atom stereocenters. The summed E-state index contributed by atoms with van der Waals surface area (Å²) < 4.78 is 7.24. The van der Waals surface area contributed by atoms with Crippen molar-refractivity contribution in [3.8, 4) is 0 Å². The van der Waals surface area contributed by atoms with Gasteiger partial charge in [-0.2, -0.15) is 0 Å². The molecule has 0 radical (unpaired) electrons. The van der Waals surface area contributed by atoms with Gasteiger partial charge in [0.15, 0.2) is 6.04 Å². The van der Waals surface area contributed by atoms with Gasteiger partial charge >= 0.3 is 5.97 Å². The number of carbonyl (C=O) groups is 1. The molecule has 0 saturated heterocycles. The van der Waals surface area contributed by atoms with E-state index in [1.54, 1.807) is 0 Å². The number of nitrogens with zero attached hydrogens (tertiary/aromatic N) is 1. The maximum Gasteiger partial charge on any atom is 0.333 e. The molecule has 1 heterocycles. The van der Waals surface area contributed by atoms with Crippen molar-refractivity contribution in [1.82, 2.24) is 4.57 Å². The first-order valence-corrected chi connectivity index (χ1v) is 6.67. The molecule has 0 amide bonds. The van der Waals surface area contributed by atoms with Crippen molar-refractivity contribution in [2.24, 2.45) is 0 Å². The molecule has 2 aromatic rings. The monoisotopic (exact) mass is 257 g/mol. The summed E-state index contributed by atoms with van der Waals surface area (Å²) in [6.07, 6.45) is 5.70. The lowest BCUT2D eigenvalue weighted by molar-refractivity contribution is -0.146. The van der Waals surface area contributed by atoms with Crippen molar-refractivity contribution in [3.63, 3.8) is 0 Å². The van der Waals surface area contributed by atoms with E-state index in [-0.39, 0.29) is 5.97 Å². The molecule has 0 fully saturated rings. The van der Waals surface area contributed by atoms with Crippen LogP contribution in [0.1, 0.15) is 31.4 Å². The van der Waals surface area contributed by atoms with Crippen LogP contribution in [0.4, 0.5) is 0 Å². The molecular formula is C16H19NO2. The van der Waals surface area contributed by atoms with E-state index in [1.807, 2.05) is 59.4 Å². The number of unbranched alkanes of at least 4 members (excludes halogenated alkanes) is 1. The number of ether oxygens (including phenoxy) is 1. The highest BCUT2D eigenvalue weighted by molar-refractivity contribution is 5.78. The van der Waals surface area contributed by atoms with Gasteiger partial charge in [0.2, 0.25) is 0 Å². The second-order valence-electron chi connectivity index (χ2n) is 4.46. The molecule has 0 aliphatic carbocycles. The summed E-state index contributed by atoms with van der Waals surface area (Å²) in [6, 6.07) is 13.1. The normalized spacial score (nSPS) is 12.1. The van der Waals surface area contributed by atoms with E-state index < -0.39 is 6.04 Å². The molecule has 1 unspecified atom stereocenters. The van der Waals surface area contributed by atoms with Crippen LogP contribution < -0.4 is 0 Å². The molecule has 19 heavy (non-hydrogen) atoms. The average molecular weight is 257 g/mol. The maximum absolute atomic E-state index is 12.3. The third kappa shape index (κ3) is 3.47. The van der Waals surface area contributed by atoms with Gasteiger partial charge < -0.3 is 9.30 Å². The van der Waals surface area contributed by atoms with E-state index in [1.165, 1.54) is 0 Å². The van der Waals surface area contributed by atoms with Gasteiger partial charge in [-0.05, 0) is 24.1 Å². The van der Waals surface area contributed by atoms with Crippen LogP contribution >= 0.6 is 0 Å². The second-order valence-corrected chi connectivity index (χ2v) is 4.46. The zero-order valence-corrected chi connectivity index (χ0v) is 11.2. The van der Waals surface area contributed by atoms with Crippen molar-refractivity contribution in [2.45, 2.75) is 25.8 Å². The summed E-state index contributed by atoms with van der Waals surface area (Å²) in [4.78, 5) is 12.3. The van der Waals surface area contributed by atoms with Crippen molar-refractivity contribution >= 4 is 5.97 Å². The van der Waals surface area contributed by atoms with Gasteiger partial charge in [0.25, 0.3) is 0 Å². The molecule has 2 rings (SSSR count). The van der Waals surface area contributed by atoms with Crippen molar-refractivity contribution < 1.29 is 9.53 Å². The fourth-order valence-corrected chi connectivity index (χ4v) is 1.98. The van der Waals surface area contributed by atoms with Crippen molar-refractivity contribution in [2.75, 3.05) is 6.61 Å². The van der Waals surface area contributed by atoms with Gasteiger partial charge in [-0.3, -0.25) is 0 Å². The van der Waals surface area contributed by atoms with E-state index in [2.05, 4.69) is 6.92 Å². The molecule has 0 saturated carbocycles. The molecule has 3 nitrogen and oxygen atoms in total. The number of hydrogen-bond donors (Lipinski definition) is 0. The zero-order valence-electron chi connectivity index (χ0n) is 11.2. The molecular weight excluding hydrogens is 238 g/mol. The minimum Gasteiger partial charge on any atom is -0.464 e. The third-order valence-corrected chi connectivity index (χ3v) is 3.01. The molecule has 1 aromatic heterocycles. The van der Waals surface area contributed by atoms with Gasteiger partial charge in [-0.15, -0.1) is 0 Å². The van der Waals surface area contributed by atoms with Crippen LogP contribution in [0, 0.1) is 0 Å². The predicted octanol–water partition coefficient (Wildman–Crippen LogP) is 3.42. The summed E-state index contributed by atoms with van der Waals surface area (Å²) in [7, 11) is 0. The van der Waals surface area contributed by atoms with Crippen LogP contribution in [0.2, 0.25) is 0 Å². The Morgan fingerprint density at radius 1 is 1.16 bits per heavy atom. The Morgan fingerprint density at radius 3 is 2.47 bits per heavy atom. The van der Waals surface area contributed by atoms with E-state index in [4.69, 9.17) is 4.74 Å². The van der Waals surface area contributed by atoms with Gasteiger partial charge in [-0.25, -0.2) is 4.79 Å². The highest BCUT2D eigenvalue weighted by Crippen LogP contribution is 2.20. The number of rotatable bonds is 6. The molecule has 0 spiro atoms. The van der Waals surface area contributed by atoms with Crippen LogP contribution in [-0.4, -0.2) is 17.1 Å². The highest BCUT2D eigenvalue weighted by atomic mass is 16.5. The molecule has 0 aliphatic heterocycles. The number of carbonyl (C=O) groups excluding carboxylic acids is 1. The zero-order chi connectivity index (χ0) is 13.5. The Bertz CT molecular complexity index is 491. The van der Waals surface area contributed by atoms with E-state index >= 15 is 0 Å². The largest absolute Gasteiger partial charge is 0.464 e. The van der Waals surface area contributed by atoms with E-state index in [9.17, 15) is 4.79 Å². The standard InChI is InChI=1S/C16H19NO2/c1-2-3-13-19-16(18)15(17-11-7-8-12-17)14-9-5-4-6-10-14/h4-12,15H,2-3,13H2,1H3. The smallest absolute Gasteiger partial charge is 0.333 e. The SMILES string of the molecule is CCCCOC(=O)C(c1ccccc1)n1cccc1. The highest BCUT2D eigenvalue weighted by Gasteiger charge is 2.22. The van der Waals surface area contributed by atoms with Crippen molar-refractivity contribution in [3.05, 3.63) is 60.4 Å². The van der Waals surface area contributed by atoms with Gasteiger partial charge in [-0.1, -0.05) is 43.7 Å². The molecule has 100 valence electrons. The van der Waals surface area contributed by atoms with Gasteiger partial charge in [0, 0.05) is 12.4 Å². The first-order chi connectivity index (χ1) is 9.33. The fourth-order valence-electron chi connectivity index (χ4n) is 1.98. The third-order valence-electron chi connectivity index (χ3n) is 3.01. The Hall–Kier alpha value is -2.03. The number of aromatic nitrogens is 1. The average Bonchev–Trinajstić information content (AvgIpc) is 2.94. The summed E-state index contributed by atoms with van der Waals surface area (Å²) in [5.41, 5.74) is 0.945. The topological polar surface area (TPSA) is 31.2 Å². The molecule has 3 heteroatoms. The van der Waals surface area contributed by atoms with Crippen LogP contribution in [-0.2, 0) is 9.53 Å². The molecule has 0 aliphatic rings. The lowest BCUT2D eigenvalue weighted by Crippen LogP contribution is -2.22. The van der Waals surface area contributed by atoms with Gasteiger partial charge in [0.1, 0.15) is 0 Å². The molecule has 1 aromatic carbocycles. The molecule has 0 bridgehead atoms. The number of benzene rings is 1. The Kier molecular flexibility index (Phi) is 4.78. The minimum absolute atomic E-state index is 0.198. The van der Waals surface area contributed by atoms with E-state index in [0.717, 1.165) is 18.4 Å². The van der Waals surface area contributed by atoms with Crippen LogP contribution in [0.15, 0.2) is 54.9 Å². The van der Waals surface area contributed by atoms with Crippen LogP contribution in [0.5, 0.6) is 0 Å². The number of hydrogen-bond acceptors (Lipinski definition) is 2. The lowest BCUT2D eigenvalue weighted by Gasteiger charge is -2.18. The lowest BCUT2D eigenvalue weighted by atomic mass is 10.1. The number of esters is 1. The Balaban J connectivity index is 2.18.